The van der Waals surface area contributed by atoms with Crippen molar-refractivity contribution in [3.05, 3.63) is 87.9 Å². The van der Waals surface area contributed by atoms with E-state index in [-0.39, 0.29) is 10.6 Å². The number of ether oxygens (including phenoxy) is 2. The van der Waals surface area contributed by atoms with Crippen LogP contribution in [0.25, 0.3) is 10.2 Å². The van der Waals surface area contributed by atoms with Gasteiger partial charge in [-0.25, -0.2) is 14.7 Å². The van der Waals surface area contributed by atoms with Crippen molar-refractivity contribution in [3.63, 3.8) is 0 Å². The minimum Gasteiger partial charge on any atom is -0.486 e. The van der Waals surface area contributed by atoms with Crippen LogP contribution in [0.4, 0.5) is 10.5 Å². The van der Waals surface area contributed by atoms with Crippen LogP contribution in [-0.4, -0.2) is 24.1 Å². The number of fused-ring (bicyclic) bond motifs is 1. The predicted octanol–water partition coefficient (Wildman–Crippen LogP) is 6.25. The van der Waals surface area contributed by atoms with Crippen molar-refractivity contribution in [2.45, 2.75) is 13.5 Å². The molecule has 0 bridgehead atoms. The van der Waals surface area contributed by atoms with Gasteiger partial charge < -0.3 is 9.47 Å². The molecule has 1 aromatic heterocycles. The van der Waals surface area contributed by atoms with Gasteiger partial charge in [-0.05, 0) is 55.0 Å². The summed E-state index contributed by atoms with van der Waals surface area (Å²) in [6.45, 7) is 2.10. The van der Waals surface area contributed by atoms with Crippen LogP contribution in [0, 0.1) is 6.92 Å². The van der Waals surface area contributed by atoms with E-state index in [1.807, 2.05) is 24.3 Å². The maximum absolute atomic E-state index is 13.1. The lowest BCUT2D eigenvalue weighted by molar-refractivity contribution is 0.0975. The highest BCUT2D eigenvalue weighted by Gasteiger charge is 2.28. The van der Waals surface area contributed by atoms with E-state index in [1.54, 1.807) is 60.7 Å². The van der Waals surface area contributed by atoms with Crippen LogP contribution in [-0.2, 0) is 11.3 Å². The summed E-state index contributed by atoms with van der Waals surface area (Å²) in [5, 5.41) is 1.11. The molecule has 0 aliphatic carbocycles. The average Bonchev–Trinajstić information content (AvgIpc) is 3.22. The summed E-state index contributed by atoms with van der Waals surface area (Å²) in [4.78, 5) is 31.1. The quantitative estimate of drug-likeness (QED) is 0.347. The number of carbonyl (C=O) groups excluding carboxylic acids is 2. The number of methoxy groups -OCH3 is 1. The van der Waals surface area contributed by atoms with Crippen molar-refractivity contribution in [2.24, 2.45) is 0 Å². The molecule has 0 saturated carbocycles. The lowest BCUT2D eigenvalue weighted by Gasteiger charge is -2.22. The molecule has 0 unspecified atom stereocenters. The van der Waals surface area contributed by atoms with Crippen LogP contribution >= 0.6 is 22.9 Å². The molecular weight excluding hydrogens is 448 g/mol. The number of rotatable bonds is 5. The lowest BCUT2D eigenvalue weighted by atomic mass is 10.1. The SMILES string of the molecule is COC(=O)N(C(=O)c1ccccc1Cl)c1ccc(OCc2nc3ccccc3s2)cc1C. The predicted molar refractivity (Wildman–Crippen MR) is 126 cm³/mol. The zero-order valence-corrected chi connectivity index (χ0v) is 18.9. The molecule has 0 N–H and O–H groups in total. The molecule has 0 aliphatic rings. The lowest BCUT2D eigenvalue weighted by Crippen LogP contribution is -2.37. The third kappa shape index (κ3) is 4.44. The molecule has 0 aliphatic heterocycles. The second kappa shape index (κ2) is 9.38. The van der Waals surface area contributed by atoms with E-state index in [4.69, 9.17) is 21.1 Å². The van der Waals surface area contributed by atoms with Gasteiger partial charge in [-0.15, -0.1) is 11.3 Å². The van der Waals surface area contributed by atoms with Gasteiger partial charge >= 0.3 is 6.09 Å². The number of benzene rings is 3. The molecule has 0 fully saturated rings. The number of halogens is 1. The molecule has 8 heteroatoms. The van der Waals surface area contributed by atoms with Crippen LogP contribution in [0.3, 0.4) is 0 Å². The van der Waals surface area contributed by atoms with Gasteiger partial charge in [-0.2, -0.15) is 0 Å². The van der Waals surface area contributed by atoms with Crippen LogP contribution in [0.15, 0.2) is 66.7 Å². The summed E-state index contributed by atoms with van der Waals surface area (Å²) in [6.07, 6.45) is -0.804. The minimum absolute atomic E-state index is 0.204. The Bertz CT molecular complexity index is 1270. The van der Waals surface area contributed by atoms with E-state index in [0.29, 0.717) is 23.6 Å². The molecule has 3 aromatic carbocycles. The molecule has 2 amide bonds. The van der Waals surface area contributed by atoms with Crippen LogP contribution < -0.4 is 9.64 Å². The smallest absolute Gasteiger partial charge is 0.421 e. The summed E-state index contributed by atoms with van der Waals surface area (Å²) >= 11 is 7.74. The summed E-state index contributed by atoms with van der Waals surface area (Å²) < 4.78 is 11.9. The molecule has 4 rings (SSSR count). The van der Waals surface area contributed by atoms with Crippen molar-refractivity contribution in [3.8, 4) is 5.75 Å². The van der Waals surface area contributed by atoms with E-state index in [9.17, 15) is 9.59 Å². The Morgan fingerprint density at radius 1 is 1.06 bits per heavy atom. The van der Waals surface area contributed by atoms with Gasteiger partial charge in [0.05, 0.1) is 33.6 Å². The first-order valence-corrected chi connectivity index (χ1v) is 10.9. The Morgan fingerprint density at radius 2 is 1.81 bits per heavy atom. The first-order chi connectivity index (χ1) is 15.5. The highest BCUT2D eigenvalue weighted by molar-refractivity contribution is 7.18. The van der Waals surface area contributed by atoms with Crippen LogP contribution in [0.2, 0.25) is 5.02 Å². The molecule has 0 saturated heterocycles. The monoisotopic (exact) mass is 466 g/mol. The maximum atomic E-state index is 13.1. The number of aryl methyl sites for hydroxylation is 1. The van der Waals surface area contributed by atoms with E-state index in [0.717, 1.165) is 20.1 Å². The first kappa shape index (κ1) is 21.8. The number of imide groups is 1. The third-order valence-corrected chi connectivity index (χ3v) is 6.11. The zero-order valence-electron chi connectivity index (χ0n) is 17.4. The normalized spacial score (nSPS) is 10.7. The fraction of sp³-hybridized carbons (Fsp3) is 0.125. The molecule has 0 spiro atoms. The number of thiazole rings is 1. The molecule has 162 valence electrons. The number of para-hydroxylation sites is 1. The molecule has 0 atom stereocenters. The van der Waals surface area contributed by atoms with Crippen molar-refractivity contribution in [1.82, 2.24) is 4.98 Å². The molecule has 0 radical (unpaired) electrons. The molecule has 1 heterocycles. The standard InChI is InChI=1S/C24H19ClN2O4S/c1-15-13-16(31-14-22-26-19-9-5-6-10-21(19)32-22)11-12-20(15)27(24(29)30-2)23(28)17-7-3-4-8-18(17)25/h3-13H,14H2,1-2H3. The highest BCUT2D eigenvalue weighted by Crippen LogP contribution is 2.29. The average molecular weight is 467 g/mol. The summed E-state index contributed by atoms with van der Waals surface area (Å²) in [6, 6.07) is 19.6. The number of hydrogen-bond acceptors (Lipinski definition) is 6. The number of anilines is 1. The fourth-order valence-corrected chi connectivity index (χ4v) is 4.33. The minimum atomic E-state index is -0.804. The Hall–Kier alpha value is -3.42. The Balaban J connectivity index is 1.57. The number of aromatic nitrogens is 1. The Labute approximate surface area is 194 Å². The Kier molecular flexibility index (Phi) is 6.39. The van der Waals surface area contributed by atoms with Gasteiger partial charge in [-0.3, -0.25) is 4.79 Å². The van der Waals surface area contributed by atoms with Crippen LogP contribution in [0.5, 0.6) is 5.75 Å². The van der Waals surface area contributed by atoms with Gasteiger partial charge in [0, 0.05) is 0 Å². The zero-order chi connectivity index (χ0) is 22.7. The molecule has 6 nitrogen and oxygen atoms in total. The number of amides is 2. The van der Waals surface area contributed by atoms with Gasteiger partial charge in [0.1, 0.15) is 17.4 Å². The van der Waals surface area contributed by atoms with Gasteiger partial charge in [0.15, 0.2) is 0 Å². The van der Waals surface area contributed by atoms with Crippen molar-refractivity contribution < 1.29 is 19.1 Å². The van der Waals surface area contributed by atoms with E-state index < -0.39 is 12.0 Å². The Morgan fingerprint density at radius 3 is 2.53 bits per heavy atom. The first-order valence-electron chi connectivity index (χ1n) is 9.72. The third-order valence-electron chi connectivity index (χ3n) is 4.77. The van der Waals surface area contributed by atoms with E-state index in [1.165, 1.54) is 7.11 Å². The van der Waals surface area contributed by atoms with Gasteiger partial charge in [0.2, 0.25) is 0 Å². The second-order valence-electron chi connectivity index (χ2n) is 6.90. The summed E-state index contributed by atoms with van der Waals surface area (Å²) in [5.41, 5.74) is 2.19. The van der Waals surface area contributed by atoms with Crippen LogP contribution in [0.1, 0.15) is 20.9 Å². The number of hydrogen-bond donors (Lipinski definition) is 0. The summed E-state index contributed by atoms with van der Waals surface area (Å²) in [5.74, 6) is 0.0224. The van der Waals surface area contributed by atoms with Gasteiger partial charge in [-0.1, -0.05) is 35.9 Å². The van der Waals surface area contributed by atoms with Crippen molar-refractivity contribution in [2.75, 3.05) is 12.0 Å². The fourth-order valence-electron chi connectivity index (χ4n) is 3.23. The van der Waals surface area contributed by atoms with E-state index in [2.05, 4.69) is 4.98 Å². The second-order valence-corrected chi connectivity index (χ2v) is 8.43. The molecule has 32 heavy (non-hydrogen) atoms. The maximum Gasteiger partial charge on any atom is 0.421 e. The topological polar surface area (TPSA) is 68.7 Å². The van der Waals surface area contributed by atoms with E-state index >= 15 is 0 Å². The van der Waals surface area contributed by atoms with Gasteiger partial charge in [0.25, 0.3) is 5.91 Å². The number of nitrogens with zero attached hydrogens (tertiary/aromatic N) is 2. The number of carbonyl (C=O) groups is 2. The molecular formula is C24H19ClN2O4S. The van der Waals surface area contributed by atoms with Crippen molar-refractivity contribution >= 4 is 50.8 Å². The summed E-state index contributed by atoms with van der Waals surface area (Å²) in [7, 11) is 1.22. The highest BCUT2D eigenvalue weighted by atomic mass is 35.5. The molecule has 4 aromatic rings. The largest absolute Gasteiger partial charge is 0.486 e. The van der Waals surface area contributed by atoms with Crippen molar-refractivity contribution in [1.29, 1.82) is 0 Å².